The summed E-state index contributed by atoms with van der Waals surface area (Å²) in [6, 6.07) is 10.3. The fourth-order valence-corrected chi connectivity index (χ4v) is 2.95. The largest absolute Gasteiger partial charge is 0.497 e. The number of methoxy groups -OCH3 is 2. The third kappa shape index (κ3) is 4.48. The molecule has 1 aromatic heterocycles. The predicted octanol–water partition coefficient (Wildman–Crippen LogP) is 3.95. The molecule has 0 atom stereocenters. The van der Waals surface area contributed by atoms with Crippen molar-refractivity contribution in [3.63, 3.8) is 0 Å². The number of anilines is 1. The zero-order chi connectivity index (χ0) is 21.7. The summed E-state index contributed by atoms with van der Waals surface area (Å²) < 4.78 is 26.6. The van der Waals surface area contributed by atoms with Gasteiger partial charge in [-0.1, -0.05) is 0 Å². The quantitative estimate of drug-likeness (QED) is 0.559. The number of fused-ring (bicyclic) bond motifs is 1. The molecule has 0 saturated heterocycles. The van der Waals surface area contributed by atoms with Crippen LogP contribution in [0.5, 0.6) is 17.2 Å². The van der Waals surface area contributed by atoms with E-state index in [4.69, 9.17) is 23.4 Å². The van der Waals surface area contributed by atoms with Crippen LogP contribution in [0.15, 0.2) is 40.8 Å². The topological polar surface area (TPSA) is 96.2 Å². The van der Waals surface area contributed by atoms with Crippen LogP contribution >= 0.6 is 0 Å². The van der Waals surface area contributed by atoms with Gasteiger partial charge in [0.2, 0.25) is 5.76 Å². The van der Waals surface area contributed by atoms with E-state index in [-0.39, 0.29) is 5.76 Å². The van der Waals surface area contributed by atoms with Gasteiger partial charge in [-0.2, -0.15) is 0 Å². The first-order chi connectivity index (χ1) is 14.5. The van der Waals surface area contributed by atoms with E-state index in [1.165, 1.54) is 14.2 Å². The van der Waals surface area contributed by atoms with Gasteiger partial charge in [0.1, 0.15) is 22.8 Å². The van der Waals surface area contributed by atoms with Gasteiger partial charge in [-0.3, -0.25) is 4.79 Å². The third-order valence-corrected chi connectivity index (χ3v) is 4.42. The number of hydrogen-bond donors (Lipinski definition) is 1. The number of amides is 1. The molecule has 0 aliphatic rings. The van der Waals surface area contributed by atoms with Crippen molar-refractivity contribution >= 4 is 28.5 Å². The number of aryl methyl sites for hydroxylation is 1. The Hall–Kier alpha value is -3.68. The minimum Gasteiger partial charge on any atom is -0.497 e. The van der Waals surface area contributed by atoms with Crippen LogP contribution in [-0.4, -0.2) is 39.3 Å². The van der Waals surface area contributed by atoms with Gasteiger partial charge in [0.25, 0.3) is 5.91 Å². The van der Waals surface area contributed by atoms with Crippen LogP contribution in [0.3, 0.4) is 0 Å². The molecule has 1 amide bonds. The first kappa shape index (κ1) is 21.0. The van der Waals surface area contributed by atoms with Crippen LogP contribution in [0.2, 0.25) is 0 Å². The number of nitrogens with one attached hydrogen (secondary N) is 1. The van der Waals surface area contributed by atoms with E-state index in [0.717, 1.165) is 5.39 Å². The molecule has 0 aliphatic heterocycles. The Morgan fingerprint density at radius 2 is 1.80 bits per heavy atom. The molecule has 158 valence electrons. The molecule has 0 aliphatic carbocycles. The zero-order valence-corrected chi connectivity index (χ0v) is 17.2. The van der Waals surface area contributed by atoms with Gasteiger partial charge < -0.3 is 28.7 Å². The Balaban J connectivity index is 1.68. The van der Waals surface area contributed by atoms with Crippen LogP contribution in [0.4, 0.5) is 5.69 Å². The standard InChI is InChI=1S/C22H23NO7/c1-5-28-15-7-8-18-16(10-15)13(2)21(30-18)22(25)29-12-20(24)23-17-11-14(26-3)6-9-19(17)27-4/h6-11H,5,12H2,1-4H3,(H,23,24). The average Bonchev–Trinajstić information content (AvgIpc) is 3.08. The molecule has 0 fully saturated rings. The number of carbonyl (C=O) groups is 2. The normalized spacial score (nSPS) is 10.5. The van der Waals surface area contributed by atoms with E-state index >= 15 is 0 Å². The summed E-state index contributed by atoms with van der Waals surface area (Å²) in [5.74, 6) is 0.476. The smallest absolute Gasteiger partial charge is 0.375 e. The summed E-state index contributed by atoms with van der Waals surface area (Å²) in [7, 11) is 3.00. The molecule has 0 spiro atoms. The molecule has 0 bridgehead atoms. The van der Waals surface area contributed by atoms with Crippen LogP contribution in [0.1, 0.15) is 23.0 Å². The fraction of sp³-hybridized carbons (Fsp3) is 0.273. The van der Waals surface area contributed by atoms with Crippen LogP contribution in [-0.2, 0) is 9.53 Å². The summed E-state index contributed by atoms with van der Waals surface area (Å²) in [5.41, 5.74) is 1.56. The summed E-state index contributed by atoms with van der Waals surface area (Å²) >= 11 is 0. The van der Waals surface area contributed by atoms with Crippen molar-refractivity contribution in [2.75, 3.05) is 32.8 Å². The van der Waals surface area contributed by atoms with Crippen molar-refractivity contribution < 1.29 is 33.0 Å². The molecule has 0 saturated carbocycles. The van der Waals surface area contributed by atoms with Gasteiger partial charge in [-0.25, -0.2) is 4.79 Å². The Labute approximate surface area is 173 Å². The van der Waals surface area contributed by atoms with Gasteiger partial charge in [-0.05, 0) is 44.2 Å². The maximum atomic E-state index is 12.5. The Kier molecular flexibility index (Phi) is 6.46. The second kappa shape index (κ2) is 9.21. The van der Waals surface area contributed by atoms with Gasteiger partial charge in [0.05, 0.1) is 26.5 Å². The van der Waals surface area contributed by atoms with E-state index in [1.54, 1.807) is 43.3 Å². The van der Waals surface area contributed by atoms with E-state index < -0.39 is 18.5 Å². The Bertz CT molecular complexity index is 1070. The van der Waals surface area contributed by atoms with Crippen molar-refractivity contribution in [3.05, 3.63) is 47.7 Å². The van der Waals surface area contributed by atoms with Gasteiger partial charge in [-0.15, -0.1) is 0 Å². The molecule has 0 unspecified atom stereocenters. The van der Waals surface area contributed by atoms with Crippen LogP contribution in [0, 0.1) is 6.92 Å². The van der Waals surface area contributed by atoms with E-state index in [2.05, 4.69) is 5.32 Å². The molecule has 30 heavy (non-hydrogen) atoms. The number of furan rings is 1. The Morgan fingerprint density at radius 1 is 1.03 bits per heavy atom. The second-order valence-corrected chi connectivity index (χ2v) is 6.34. The van der Waals surface area contributed by atoms with Crippen molar-refractivity contribution in [3.8, 4) is 17.2 Å². The molecule has 8 nitrogen and oxygen atoms in total. The lowest BCUT2D eigenvalue weighted by molar-refractivity contribution is -0.119. The third-order valence-electron chi connectivity index (χ3n) is 4.42. The first-order valence-corrected chi connectivity index (χ1v) is 9.31. The molecule has 1 N–H and O–H groups in total. The molecule has 3 aromatic rings. The van der Waals surface area contributed by atoms with Crippen LogP contribution < -0.4 is 19.5 Å². The van der Waals surface area contributed by atoms with Crippen molar-refractivity contribution in [2.45, 2.75) is 13.8 Å². The van der Waals surface area contributed by atoms with E-state index in [0.29, 0.717) is 40.7 Å². The molecular formula is C22H23NO7. The summed E-state index contributed by atoms with van der Waals surface area (Å²) in [5, 5.41) is 3.39. The summed E-state index contributed by atoms with van der Waals surface area (Å²) in [6.45, 7) is 3.69. The zero-order valence-electron chi connectivity index (χ0n) is 17.2. The first-order valence-electron chi connectivity index (χ1n) is 9.31. The maximum Gasteiger partial charge on any atom is 0.375 e. The van der Waals surface area contributed by atoms with Gasteiger partial charge in [0, 0.05) is 17.0 Å². The predicted molar refractivity (Wildman–Crippen MR) is 111 cm³/mol. The number of esters is 1. The van der Waals surface area contributed by atoms with Gasteiger partial charge >= 0.3 is 5.97 Å². The number of rotatable bonds is 8. The molecule has 3 rings (SSSR count). The van der Waals surface area contributed by atoms with Gasteiger partial charge in [0.15, 0.2) is 6.61 Å². The number of benzene rings is 2. The lowest BCUT2D eigenvalue weighted by Crippen LogP contribution is -2.21. The molecule has 2 aromatic carbocycles. The Morgan fingerprint density at radius 3 is 2.50 bits per heavy atom. The lowest BCUT2D eigenvalue weighted by atomic mass is 10.1. The minimum atomic E-state index is -0.727. The highest BCUT2D eigenvalue weighted by atomic mass is 16.5. The highest BCUT2D eigenvalue weighted by Gasteiger charge is 2.21. The number of hydrogen-bond acceptors (Lipinski definition) is 7. The second-order valence-electron chi connectivity index (χ2n) is 6.34. The van der Waals surface area contributed by atoms with E-state index in [1.807, 2.05) is 6.92 Å². The molecular weight excluding hydrogens is 390 g/mol. The number of ether oxygens (including phenoxy) is 4. The average molecular weight is 413 g/mol. The monoisotopic (exact) mass is 413 g/mol. The van der Waals surface area contributed by atoms with Crippen LogP contribution in [0.25, 0.3) is 11.0 Å². The van der Waals surface area contributed by atoms with E-state index in [9.17, 15) is 9.59 Å². The lowest BCUT2D eigenvalue weighted by Gasteiger charge is -2.11. The molecule has 0 radical (unpaired) electrons. The highest BCUT2D eigenvalue weighted by Crippen LogP contribution is 2.30. The number of carbonyl (C=O) groups excluding carboxylic acids is 2. The van der Waals surface area contributed by atoms with Crippen molar-refractivity contribution in [1.29, 1.82) is 0 Å². The minimum absolute atomic E-state index is 0.0467. The maximum absolute atomic E-state index is 12.5. The fourth-order valence-electron chi connectivity index (χ4n) is 2.95. The molecule has 1 heterocycles. The van der Waals surface area contributed by atoms with Crippen molar-refractivity contribution in [1.82, 2.24) is 0 Å². The summed E-state index contributed by atoms with van der Waals surface area (Å²) in [6.07, 6.45) is 0. The molecule has 8 heteroatoms. The summed E-state index contributed by atoms with van der Waals surface area (Å²) in [4.78, 5) is 24.7. The SMILES string of the molecule is CCOc1ccc2oc(C(=O)OCC(=O)Nc3cc(OC)ccc3OC)c(C)c2c1. The van der Waals surface area contributed by atoms with Crippen molar-refractivity contribution in [2.24, 2.45) is 0 Å². The highest BCUT2D eigenvalue weighted by molar-refractivity contribution is 5.99.